The van der Waals surface area contributed by atoms with E-state index in [0.717, 1.165) is 32.7 Å². The number of ether oxygens (including phenoxy) is 1. The Kier molecular flexibility index (Phi) is 5.27. The molecule has 2 aromatic heterocycles. The van der Waals surface area contributed by atoms with Crippen LogP contribution >= 0.6 is 11.3 Å². The van der Waals surface area contributed by atoms with Gasteiger partial charge in [-0.25, -0.2) is 0 Å². The fourth-order valence-corrected chi connectivity index (χ4v) is 3.99. The summed E-state index contributed by atoms with van der Waals surface area (Å²) in [7, 11) is 1.34. The minimum absolute atomic E-state index is 0.00498. The van der Waals surface area contributed by atoms with E-state index in [4.69, 9.17) is 4.74 Å². The van der Waals surface area contributed by atoms with E-state index >= 15 is 0 Å². The molecule has 3 rings (SSSR count). The average molecular weight is 386 g/mol. The van der Waals surface area contributed by atoms with Crippen molar-refractivity contribution in [1.29, 1.82) is 0 Å². The van der Waals surface area contributed by atoms with Crippen molar-refractivity contribution >= 4 is 33.4 Å². The van der Waals surface area contributed by atoms with E-state index in [1.807, 2.05) is 45.9 Å². The third kappa shape index (κ3) is 4.00. The topological polar surface area (TPSA) is 78.5 Å². The first-order valence-corrected chi connectivity index (χ1v) is 9.36. The van der Waals surface area contributed by atoms with E-state index in [-0.39, 0.29) is 25.0 Å². The first-order chi connectivity index (χ1) is 12.8. The third-order valence-electron chi connectivity index (χ3n) is 4.42. The number of benzene rings is 1. The van der Waals surface area contributed by atoms with Crippen LogP contribution in [0.15, 0.2) is 23.2 Å². The van der Waals surface area contributed by atoms with Crippen LogP contribution in [-0.2, 0) is 27.4 Å². The molecule has 7 nitrogen and oxygen atoms in total. The second-order valence-corrected chi connectivity index (χ2v) is 7.55. The molecule has 27 heavy (non-hydrogen) atoms. The molecule has 0 radical (unpaired) electrons. The molecule has 0 spiro atoms. The van der Waals surface area contributed by atoms with Gasteiger partial charge >= 0.3 is 5.97 Å². The Balaban J connectivity index is 2.06. The molecule has 3 aromatic rings. The number of carbonyl (C=O) groups is 2. The van der Waals surface area contributed by atoms with Gasteiger partial charge in [0.25, 0.3) is 5.91 Å². The maximum absolute atomic E-state index is 12.5. The number of aromatic nitrogens is 3. The van der Waals surface area contributed by atoms with Crippen LogP contribution in [0.3, 0.4) is 0 Å². The van der Waals surface area contributed by atoms with Gasteiger partial charge in [0.05, 0.1) is 23.0 Å². The molecule has 0 fully saturated rings. The monoisotopic (exact) mass is 386 g/mol. The summed E-state index contributed by atoms with van der Waals surface area (Å²) in [6, 6.07) is 5.97. The van der Waals surface area contributed by atoms with Crippen LogP contribution in [0.25, 0.3) is 10.2 Å². The molecule has 1 aromatic carbocycles. The minimum atomic E-state index is -0.389. The maximum Gasteiger partial charge on any atom is 0.325 e. The van der Waals surface area contributed by atoms with Crippen molar-refractivity contribution in [3.8, 4) is 0 Å². The predicted molar refractivity (Wildman–Crippen MR) is 104 cm³/mol. The Morgan fingerprint density at radius 1 is 1.11 bits per heavy atom. The summed E-state index contributed by atoms with van der Waals surface area (Å²) in [5.74, 6) is -0.708. The number of methoxy groups -OCH3 is 1. The highest BCUT2D eigenvalue weighted by Crippen LogP contribution is 2.22. The van der Waals surface area contributed by atoms with E-state index in [2.05, 4.69) is 10.1 Å². The average Bonchev–Trinajstić information content (AvgIpc) is 3.07. The van der Waals surface area contributed by atoms with Crippen molar-refractivity contribution in [2.45, 2.75) is 40.8 Å². The second kappa shape index (κ2) is 7.48. The highest BCUT2D eigenvalue weighted by atomic mass is 32.1. The number of hydrogen-bond donors (Lipinski definition) is 0. The normalized spacial score (nSPS) is 12.0. The van der Waals surface area contributed by atoms with E-state index in [9.17, 15) is 9.59 Å². The lowest BCUT2D eigenvalue weighted by Crippen LogP contribution is -2.23. The molecule has 0 N–H and O–H groups in total. The molecule has 0 aliphatic rings. The molecule has 142 valence electrons. The number of thiazole rings is 1. The molecular weight excluding hydrogens is 364 g/mol. The van der Waals surface area contributed by atoms with Crippen molar-refractivity contribution in [1.82, 2.24) is 14.3 Å². The van der Waals surface area contributed by atoms with Gasteiger partial charge in [-0.2, -0.15) is 10.1 Å². The molecule has 0 aliphatic carbocycles. The van der Waals surface area contributed by atoms with Crippen molar-refractivity contribution in [2.24, 2.45) is 4.99 Å². The number of aryl methyl sites for hydroxylation is 4. The van der Waals surface area contributed by atoms with Crippen LogP contribution in [0.5, 0.6) is 0 Å². The standard InChI is InChI=1S/C19H22N4O3S/c1-11-6-15-16(7-12(11)2)27-19(22(15)10-18(25)26-5)20-17(24)9-23-14(4)8-13(3)21-23/h6-8H,9-10H2,1-5H3. The second-order valence-electron chi connectivity index (χ2n) is 6.54. The van der Waals surface area contributed by atoms with E-state index in [1.165, 1.54) is 18.4 Å². The van der Waals surface area contributed by atoms with Gasteiger partial charge in [0.15, 0.2) is 4.80 Å². The van der Waals surface area contributed by atoms with Crippen LogP contribution in [0, 0.1) is 27.7 Å². The summed E-state index contributed by atoms with van der Waals surface area (Å²) in [4.78, 5) is 29.1. The van der Waals surface area contributed by atoms with Crippen molar-refractivity contribution < 1.29 is 14.3 Å². The Morgan fingerprint density at radius 2 is 1.81 bits per heavy atom. The zero-order chi connectivity index (χ0) is 19.7. The largest absolute Gasteiger partial charge is 0.468 e. The van der Waals surface area contributed by atoms with Crippen molar-refractivity contribution in [3.05, 3.63) is 45.5 Å². The number of hydrogen-bond acceptors (Lipinski definition) is 5. The van der Waals surface area contributed by atoms with Gasteiger partial charge in [0, 0.05) is 5.69 Å². The van der Waals surface area contributed by atoms with E-state index in [1.54, 1.807) is 9.25 Å². The van der Waals surface area contributed by atoms with E-state index in [0.29, 0.717) is 4.80 Å². The van der Waals surface area contributed by atoms with Crippen molar-refractivity contribution in [3.63, 3.8) is 0 Å². The summed E-state index contributed by atoms with van der Waals surface area (Å²) in [5, 5.41) is 4.30. The molecule has 0 aliphatic heterocycles. The Morgan fingerprint density at radius 3 is 2.44 bits per heavy atom. The van der Waals surface area contributed by atoms with Crippen LogP contribution in [-0.4, -0.2) is 33.3 Å². The molecule has 0 unspecified atom stereocenters. The molecular formula is C19H22N4O3S. The van der Waals surface area contributed by atoms with Gasteiger partial charge in [-0.15, -0.1) is 0 Å². The summed E-state index contributed by atoms with van der Waals surface area (Å²) >= 11 is 1.39. The van der Waals surface area contributed by atoms with Gasteiger partial charge in [0.2, 0.25) is 0 Å². The Labute approximate surface area is 160 Å². The quantitative estimate of drug-likeness (QED) is 0.645. The molecule has 1 amide bonds. The maximum atomic E-state index is 12.5. The zero-order valence-corrected chi connectivity index (χ0v) is 16.9. The Hall–Kier alpha value is -2.74. The van der Waals surface area contributed by atoms with Crippen LogP contribution in [0.4, 0.5) is 0 Å². The fourth-order valence-electron chi connectivity index (χ4n) is 2.86. The summed E-state index contributed by atoms with van der Waals surface area (Å²) < 4.78 is 9.14. The SMILES string of the molecule is COC(=O)Cn1c(=NC(=O)Cn2nc(C)cc2C)sc2cc(C)c(C)cc21. The van der Waals surface area contributed by atoms with Crippen LogP contribution < -0.4 is 4.80 Å². The van der Waals surface area contributed by atoms with Gasteiger partial charge < -0.3 is 9.30 Å². The van der Waals surface area contributed by atoms with Gasteiger partial charge in [-0.1, -0.05) is 11.3 Å². The lowest BCUT2D eigenvalue weighted by molar-refractivity contribution is -0.141. The Bertz CT molecular complexity index is 1100. The number of esters is 1. The van der Waals surface area contributed by atoms with Gasteiger partial charge in [-0.05, 0) is 57.0 Å². The molecule has 0 atom stereocenters. The summed E-state index contributed by atoms with van der Waals surface area (Å²) in [6.45, 7) is 7.89. The van der Waals surface area contributed by atoms with Crippen LogP contribution in [0.2, 0.25) is 0 Å². The van der Waals surface area contributed by atoms with Crippen molar-refractivity contribution in [2.75, 3.05) is 7.11 Å². The fraction of sp³-hybridized carbons (Fsp3) is 0.368. The molecule has 2 heterocycles. The summed E-state index contributed by atoms with van der Waals surface area (Å²) in [6.07, 6.45) is 0. The number of fused-ring (bicyclic) bond motifs is 1. The van der Waals surface area contributed by atoms with Crippen LogP contribution in [0.1, 0.15) is 22.5 Å². The highest BCUT2D eigenvalue weighted by molar-refractivity contribution is 7.16. The molecule has 0 saturated heterocycles. The van der Waals surface area contributed by atoms with Gasteiger partial charge in [0.1, 0.15) is 13.1 Å². The zero-order valence-electron chi connectivity index (χ0n) is 16.1. The van der Waals surface area contributed by atoms with E-state index < -0.39 is 0 Å². The summed E-state index contributed by atoms with van der Waals surface area (Å²) in [5.41, 5.74) is 4.88. The van der Waals surface area contributed by atoms with Gasteiger partial charge in [-0.3, -0.25) is 14.3 Å². The number of amides is 1. The lowest BCUT2D eigenvalue weighted by atomic mass is 10.1. The smallest absolute Gasteiger partial charge is 0.325 e. The lowest BCUT2D eigenvalue weighted by Gasteiger charge is -2.05. The third-order valence-corrected chi connectivity index (χ3v) is 5.46. The predicted octanol–water partition coefficient (Wildman–Crippen LogP) is 2.43. The molecule has 0 bridgehead atoms. The number of rotatable bonds is 4. The molecule has 0 saturated carbocycles. The highest BCUT2D eigenvalue weighted by Gasteiger charge is 2.13. The first-order valence-electron chi connectivity index (χ1n) is 8.54. The number of carbonyl (C=O) groups excluding carboxylic acids is 2. The first kappa shape index (κ1) is 19.0. The number of nitrogens with zero attached hydrogens (tertiary/aromatic N) is 4. The minimum Gasteiger partial charge on any atom is -0.468 e. The molecule has 8 heteroatoms.